The molecule has 0 spiro atoms. The molecule has 30 heavy (non-hydrogen) atoms. The van der Waals surface area contributed by atoms with Gasteiger partial charge in [0.15, 0.2) is 0 Å². The summed E-state index contributed by atoms with van der Waals surface area (Å²) < 4.78 is 10.5. The predicted octanol–water partition coefficient (Wildman–Crippen LogP) is 4.03. The lowest BCUT2D eigenvalue weighted by Crippen LogP contribution is -2.46. The average Bonchev–Trinajstić information content (AvgIpc) is 2.73. The molecule has 0 saturated carbocycles. The molecule has 2 rings (SSSR count). The Morgan fingerprint density at radius 1 is 1.07 bits per heavy atom. The van der Waals surface area contributed by atoms with Gasteiger partial charge in [0.25, 0.3) is 0 Å². The molecule has 0 radical (unpaired) electrons. The molecule has 2 N–H and O–H groups in total. The van der Waals surface area contributed by atoms with Crippen molar-refractivity contribution in [3.8, 4) is 11.5 Å². The van der Waals surface area contributed by atoms with E-state index in [1.54, 1.807) is 19.1 Å². The van der Waals surface area contributed by atoms with Crippen molar-refractivity contribution in [2.24, 2.45) is 0 Å². The molecule has 2 amide bonds. The number of nitrogens with one attached hydrogen (secondary N) is 2. The lowest BCUT2D eigenvalue weighted by atomic mass is 10.2. The fourth-order valence-corrected chi connectivity index (χ4v) is 3.20. The molecule has 2 aromatic carbocycles. The van der Waals surface area contributed by atoms with E-state index in [-0.39, 0.29) is 18.4 Å². The topological polar surface area (TPSA) is 79.9 Å². The van der Waals surface area contributed by atoms with Crippen LogP contribution in [0.25, 0.3) is 0 Å². The minimum absolute atomic E-state index is 0.0457. The first-order chi connectivity index (χ1) is 14.4. The minimum Gasteiger partial charge on any atom is -0.495 e. The van der Waals surface area contributed by atoms with E-state index in [2.05, 4.69) is 10.6 Å². The second-order valence-electron chi connectivity index (χ2n) is 6.74. The van der Waals surface area contributed by atoms with Crippen molar-refractivity contribution in [2.45, 2.75) is 26.3 Å². The second kappa shape index (κ2) is 11.4. The summed E-state index contributed by atoms with van der Waals surface area (Å²) in [6.07, 6.45) is 0.800. The molecule has 1 unspecified atom stereocenters. The number of carbonyl (C=O) groups is 2. The van der Waals surface area contributed by atoms with Crippen LogP contribution in [0.4, 0.5) is 11.4 Å². The van der Waals surface area contributed by atoms with Gasteiger partial charge in [0.1, 0.15) is 11.5 Å². The lowest BCUT2D eigenvalue weighted by Gasteiger charge is -2.27. The Morgan fingerprint density at radius 3 is 2.33 bits per heavy atom. The number of para-hydroxylation sites is 1. The fraction of sp³-hybridized carbons (Fsp3) is 0.364. The van der Waals surface area contributed by atoms with Gasteiger partial charge in [-0.25, -0.2) is 0 Å². The molecule has 0 aromatic heterocycles. The van der Waals surface area contributed by atoms with E-state index in [1.807, 2.05) is 42.2 Å². The molecule has 0 bridgehead atoms. The summed E-state index contributed by atoms with van der Waals surface area (Å²) in [7, 11) is 3.00. The number of benzene rings is 2. The summed E-state index contributed by atoms with van der Waals surface area (Å²) in [6, 6.07) is 11.9. The summed E-state index contributed by atoms with van der Waals surface area (Å²) in [4.78, 5) is 27.2. The van der Waals surface area contributed by atoms with Crippen molar-refractivity contribution in [2.75, 3.05) is 37.9 Å². The van der Waals surface area contributed by atoms with Gasteiger partial charge in [-0.1, -0.05) is 36.7 Å². The summed E-state index contributed by atoms with van der Waals surface area (Å²) in [5, 5.41) is 6.04. The molecule has 0 aliphatic rings. The van der Waals surface area contributed by atoms with Crippen LogP contribution in [-0.2, 0) is 9.59 Å². The predicted molar refractivity (Wildman–Crippen MR) is 120 cm³/mol. The summed E-state index contributed by atoms with van der Waals surface area (Å²) >= 11 is 6.17. The number of hydrogen-bond donors (Lipinski definition) is 2. The van der Waals surface area contributed by atoms with Crippen molar-refractivity contribution in [3.63, 3.8) is 0 Å². The third-order valence-corrected chi connectivity index (χ3v) is 4.87. The second-order valence-corrected chi connectivity index (χ2v) is 7.14. The van der Waals surface area contributed by atoms with Crippen LogP contribution in [0.5, 0.6) is 11.5 Å². The number of nitrogens with zero attached hydrogens (tertiary/aromatic N) is 1. The Morgan fingerprint density at radius 2 is 1.73 bits per heavy atom. The largest absolute Gasteiger partial charge is 0.495 e. The Hall–Kier alpha value is -2.77. The highest BCUT2D eigenvalue weighted by atomic mass is 35.5. The molecule has 162 valence electrons. The van der Waals surface area contributed by atoms with E-state index < -0.39 is 6.04 Å². The highest BCUT2D eigenvalue weighted by molar-refractivity contribution is 6.32. The third kappa shape index (κ3) is 6.37. The van der Waals surface area contributed by atoms with Gasteiger partial charge in [-0.05, 0) is 38.1 Å². The average molecular weight is 434 g/mol. The maximum absolute atomic E-state index is 12.7. The lowest BCUT2D eigenvalue weighted by molar-refractivity contribution is -0.123. The number of methoxy groups -OCH3 is 2. The van der Waals surface area contributed by atoms with Crippen LogP contribution in [0.2, 0.25) is 5.02 Å². The molecule has 1 atom stereocenters. The summed E-state index contributed by atoms with van der Waals surface area (Å²) in [5.41, 5.74) is 1.15. The van der Waals surface area contributed by atoms with Crippen LogP contribution < -0.4 is 20.1 Å². The SMILES string of the molecule is CCCN(CC(=O)Nc1cc(Cl)c(OC)cc1OC)C(C)C(=O)Nc1ccccc1. The van der Waals surface area contributed by atoms with Gasteiger partial charge in [0, 0.05) is 11.8 Å². The van der Waals surface area contributed by atoms with Crippen molar-refractivity contribution < 1.29 is 19.1 Å². The quantitative estimate of drug-likeness (QED) is 0.591. The molecule has 0 saturated heterocycles. The van der Waals surface area contributed by atoms with Crippen LogP contribution in [0.1, 0.15) is 20.3 Å². The first-order valence-corrected chi connectivity index (χ1v) is 10.1. The highest BCUT2D eigenvalue weighted by Gasteiger charge is 2.23. The van der Waals surface area contributed by atoms with Crippen molar-refractivity contribution in [3.05, 3.63) is 47.5 Å². The van der Waals surface area contributed by atoms with Gasteiger partial charge in [-0.15, -0.1) is 0 Å². The molecule has 0 heterocycles. The smallest absolute Gasteiger partial charge is 0.241 e. The monoisotopic (exact) mass is 433 g/mol. The van der Waals surface area contributed by atoms with Gasteiger partial charge in [-0.2, -0.15) is 0 Å². The number of halogens is 1. The maximum Gasteiger partial charge on any atom is 0.241 e. The van der Waals surface area contributed by atoms with Crippen molar-refractivity contribution >= 4 is 34.8 Å². The molecule has 7 nitrogen and oxygen atoms in total. The number of ether oxygens (including phenoxy) is 2. The first-order valence-electron chi connectivity index (χ1n) is 9.70. The number of carbonyl (C=O) groups excluding carboxylic acids is 2. The maximum atomic E-state index is 12.7. The van der Waals surface area contributed by atoms with Gasteiger partial charge < -0.3 is 20.1 Å². The van der Waals surface area contributed by atoms with Gasteiger partial charge in [0.05, 0.1) is 37.5 Å². The molecule has 0 aliphatic heterocycles. The van der Waals surface area contributed by atoms with E-state index >= 15 is 0 Å². The highest BCUT2D eigenvalue weighted by Crippen LogP contribution is 2.35. The van der Waals surface area contributed by atoms with E-state index in [1.165, 1.54) is 14.2 Å². The first kappa shape index (κ1) is 23.5. The number of anilines is 2. The van der Waals surface area contributed by atoms with Crippen molar-refractivity contribution in [1.29, 1.82) is 0 Å². The molecular weight excluding hydrogens is 406 g/mol. The Bertz CT molecular complexity index is 861. The zero-order valence-electron chi connectivity index (χ0n) is 17.7. The van der Waals surface area contributed by atoms with E-state index in [0.29, 0.717) is 34.4 Å². The Kier molecular flexibility index (Phi) is 8.95. The number of amides is 2. The number of hydrogen-bond acceptors (Lipinski definition) is 5. The Balaban J connectivity index is 2.08. The molecule has 8 heteroatoms. The number of rotatable bonds is 10. The summed E-state index contributed by atoms with van der Waals surface area (Å²) in [6.45, 7) is 4.42. The van der Waals surface area contributed by atoms with Crippen LogP contribution in [0.3, 0.4) is 0 Å². The molecule has 2 aromatic rings. The molecular formula is C22H28ClN3O4. The van der Waals surface area contributed by atoms with Crippen LogP contribution in [0.15, 0.2) is 42.5 Å². The van der Waals surface area contributed by atoms with Gasteiger partial charge in [-0.3, -0.25) is 14.5 Å². The molecule has 0 aliphatic carbocycles. The fourth-order valence-electron chi connectivity index (χ4n) is 2.96. The van der Waals surface area contributed by atoms with Crippen molar-refractivity contribution in [1.82, 2.24) is 4.90 Å². The van der Waals surface area contributed by atoms with Crippen LogP contribution in [-0.4, -0.2) is 50.1 Å². The Labute approximate surface area is 182 Å². The third-order valence-electron chi connectivity index (χ3n) is 4.57. The standard InChI is InChI=1S/C22H28ClN3O4/c1-5-11-26(15(2)22(28)24-16-9-7-6-8-10-16)14-21(27)25-18-12-17(23)19(29-3)13-20(18)30-4/h6-10,12-13,15H,5,11,14H2,1-4H3,(H,24,28)(H,25,27). The zero-order valence-corrected chi connectivity index (χ0v) is 18.5. The summed E-state index contributed by atoms with van der Waals surface area (Å²) in [5.74, 6) is 0.432. The normalized spacial score (nSPS) is 11.7. The van der Waals surface area contributed by atoms with Gasteiger partial charge in [0.2, 0.25) is 11.8 Å². The zero-order chi connectivity index (χ0) is 22.1. The van der Waals surface area contributed by atoms with Gasteiger partial charge >= 0.3 is 0 Å². The van der Waals surface area contributed by atoms with Crippen LogP contribution in [0, 0.1) is 0 Å². The minimum atomic E-state index is -0.489. The van der Waals surface area contributed by atoms with E-state index in [0.717, 1.165) is 6.42 Å². The van der Waals surface area contributed by atoms with E-state index in [4.69, 9.17) is 21.1 Å². The molecule has 0 fully saturated rings. The van der Waals surface area contributed by atoms with Crippen LogP contribution >= 0.6 is 11.6 Å². The van der Waals surface area contributed by atoms with E-state index in [9.17, 15) is 9.59 Å².